The second kappa shape index (κ2) is 7.24. The molecule has 0 amide bonds. The third-order valence-electron chi connectivity index (χ3n) is 4.21. The molecule has 2 aliphatic rings. The van der Waals surface area contributed by atoms with Crippen LogP contribution < -0.4 is 0 Å². The minimum absolute atomic E-state index is 0.871. The summed E-state index contributed by atoms with van der Waals surface area (Å²) in [4.78, 5) is 5.01. The smallest absolute Gasteiger partial charge is 0.0235 e. The first-order valence-electron chi connectivity index (χ1n) is 8.22. The Hall–Kier alpha value is -0.860. The average Bonchev–Trinajstić information content (AvgIpc) is 3.28. The van der Waals surface area contributed by atoms with E-state index < -0.39 is 0 Å². The molecular formula is C18H30N2. The van der Waals surface area contributed by atoms with Crippen LogP contribution in [0.5, 0.6) is 0 Å². The van der Waals surface area contributed by atoms with E-state index in [1.54, 1.807) is 5.56 Å². The Bertz CT molecular complexity index is 415. The third kappa shape index (κ3) is 4.32. The first-order chi connectivity index (χ1) is 9.70. The molecule has 2 fully saturated rings. The summed E-state index contributed by atoms with van der Waals surface area (Å²) >= 11 is 0. The summed E-state index contributed by atoms with van der Waals surface area (Å²) in [5, 5.41) is 0. The maximum absolute atomic E-state index is 2.59. The lowest BCUT2D eigenvalue weighted by Gasteiger charge is -2.32. The monoisotopic (exact) mass is 274 g/mol. The lowest BCUT2D eigenvalue weighted by molar-refractivity contribution is 0.148. The summed E-state index contributed by atoms with van der Waals surface area (Å²) in [6.07, 6.45) is 2.80. The van der Waals surface area contributed by atoms with Crippen molar-refractivity contribution < 1.29 is 0 Å². The van der Waals surface area contributed by atoms with Gasteiger partial charge < -0.3 is 4.90 Å². The predicted octanol–water partition coefficient (Wildman–Crippen LogP) is 3.65. The van der Waals surface area contributed by atoms with Crippen LogP contribution >= 0.6 is 0 Å². The summed E-state index contributed by atoms with van der Waals surface area (Å²) < 4.78 is 0. The summed E-state index contributed by atoms with van der Waals surface area (Å²) in [6, 6.07) is 7.19. The van der Waals surface area contributed by atoms with Crippen molar-refractivity contribution in [2.24, 2.45) is 0 Å². The Balaban J connectivity index is 0.000000704. The van der Waals surface area contributed by atoms with E-state index in [1.165, 1.54) is 50.1 Å². The highest BCUT2D eigenvalue weighted by Gasteiger charge is 2.24. The van der Waals surface area contributed by atoms with Crippen molar-refractivity contribution in [3.8, 4) is 0 Å². The van der Waals surface area contributed by atoms with Crippen LogP contribution in [0.1, 0.15) is 49.3 Å². The fourth-order valence-electron chi connectivity index (χ4n) is 2.90. The topological polar surface area (TPSA) is 6.48 Å². The summed E-state index contributed by atoms with van der Waals surface area (Å²) in [5.74, 6) is 0.871. The normalized spacial score (nSPS) is 20.4. The van der Waals surface area contributed by atoms with Crippen molar-refractivity contribution in [2.75, 3.05) is 33.2 Å². The first kappa shape index (κ1) is 15.5. The summed E-state index contributed by atoms with van der Waals surface area (Å²) in [6.45, 7) is 12.2. The highest BCUT2D eigenvalue weighted by molar-refractivity contribution is 5.33. The highest BCUT2D eigenvalue weighted by Crippen LogP contribution is 2.40. The van der Waals surface area contributed by atoms with Crippen molar-refractivity contribution in [3.05, 3.63) is 34.9 Å². The van der Waals surface area contributed by atoms with Gasteiger partial charge in [-0.1, -0.05) is 37.6 Å². The molecular weight excluding hydrogens is 244 g/mol. The molecule has 20 heavy (non-hydrogen) atoms. The van der Waals surface area contributed by atoms with Gasteiger partial charge in [0.2, 0.25) is 0 Å². The van der Waals surface area contributed by atoms with Gasteiger partial charge in [0.15, 0.2) is 0 Å². The zero-order valence-corrected chi connectivity index (χ0v) is 13.7. The third-order valence-corrected chi connectivity index (χ3v) is 4.21. The largest absolute Gasteiger partial charge is 0.304 e. The molecule has 1 saturated carbocycles. The number of nitrogens with zero attached hydrogens (tertiary/aromatic N) is 2. The van der Waals surface area contributed by atoms with Crippen molar-refractivity contribution in [1.29, 1.82) is 0 Å². The molecule has 0 radical (unpaired) electrons. The van der Waals surface area contributed by atoms with Crippen LogP contribution in [0, 0.1) is 6.92 Å². The van der Waals surface area contributed by atoms with E-state index in [4.69, 9.17) is 0 Å². The quantitative estimate of drug-likeness (QED) is 0.830. The average molecular weight is 274 g/mol. The van der Waals surface area contributed by atoms with Gasteiger partial charge in [0.25, 0.3) is 0 Å². The van der Waals surface area contributed by atoms with Gasteiger partial charge >= 0.3 is 0 Å². The van der Waals surface area contributed by atoms with Crippen LogP contribution in [-0.2, 0) is 6.54 Å². The fraction of sp³-hybridized carbons (Fsp3) is 0.667. The minimum Gasteiger partial charge on any atom is -0.304 e. The molecule has 1 aliphatic heterocycles. The van der Waals surface area contributed by atoms with E-state index >= 15 is 0 Å². The minimum atomic E-state index is 0.871. The van der Waals surface area contributed by atoms with Gasteiger partial charge in [-0.2, -0.15) is 0 Å². The SMILES string of the molecule is CC.Cc1cc(CN2CCN(C)CC2)cc(C2CC2)c1. The molecule has 3 rings (SSSR count). The molecule has 1 heterocycles. The maximum Gasteiger partial charge on any atom is 0.0235 e. The Morgan fingerprint density at radius 1 is 1.00 bits per heavy atom. The Kier molecular flexibility index (Phi) is 5.62. The van der Waals surface area contributed by atoms with E-state index in [2.05, 4.69) is 42.0 Å². The van der Waals surface area contributed by atoms with Gasteiger partial charge in [-0.05, 0) is 43.9 Å². The van der Waals surface area contributed by atoms with Gasteiger partial charge in [0.1, 0.15) is 0 Å². The van der Waals surface area contributed by atoms with E-state index in [0.717, 1.165) is 12.5 Å². The molecule has 0 atom stereocenters. The van der Waals surface area contributed by atoms with Gasteiger partial charge in [-0.25, -0.2) is 0 Å². The molecule has 1 aromatic carbocycles. The molecule has 0 N–H and O–H groups in total. The van der Waals surface area contributed by atoms with Crippen LogP contribution in [0.15, 0.2) is 18.2 Å². The lowest BCUT2D eigenvalue weighted by atomic mass is 10.0. The van der Waals surface area contributed by atoms with Gasteiger partial charge in [-0.15, -0.1) is 0 Å². The molecule has 0 bridgehead atoms. The number of piperazine rings is 1. The van der Waals surface area contributed by atoms with Crippen molar-refractivity contribution in [1.82, 2.24) is 9.80 Å². The fourth-order valence-corrected chi connectivity index (χ4v) is 2.90. The highest BCUT2D eigenvalue weighted by atomic mass is 15.2. The standard InChI is InChI=1S/C16H24N2.C2H6/c1-13-9-14(11-16(10-13)15-3-4-15)12-18-7-5-17(2)6-8-18;1-2/h9-11,15H,3-8,12H2,1-2H3;1-2H3. The molecule has 0 spiro atoms. The predicted molar refractivity (Wildman–Crippen MR) is 87.3 cm³/mol. The molecule has 1 aliphatic carbocycles. The number of benzene rings is 1. The van der Waals surface area contributed by atoms with E-state index in [9.17, 15) is 0 Å². The number of likely N-dealkylation sites (N-methyl/N-ethyl adjacent to an activating group) is 1. The molecule has 0 unspecified atom stereocenters. The van der Waals surface area contributed by atoms with E-state index in [1.807, 2.05) is 13.8 Å². The number of aryl methyl sites for hydroxylation is 1. The second-order valence-electron chi connectivity index (χ2n) is 6.11. The maximum atomic E-state index is 2.59. The number of rotatable bonds is 3. The lowest BCUT2D eigenvalue weighted by Crippen LogP contribution is -2.43. The summed E-state index contributed by atoms with van der Waals surface area (Å²) in [5.41, 5.74) is 4.53. The first-order valence-corrected chi connectivity index (χ1v) is 8.22. The Morgan fingerprint density at radius 2 is 1.65 bits per heavy atom. The van der Waals surface area contributed by atoms with Crippen molar-refractivity contribution in [3.63, 3.8) is 0 Å². The molecule has 112 valence electrons. The van der Waals surface area contributed by atoms with Crippen LogP contribution in [-0.4, -0.2) is 43.0 Å². The number of hydrogen-bond donors (Lipinski definition) is 0. The Labute approximate surface area is 124 Å². The van der Waals surface area contributed by atoms with Gasteiger partial charge in [-0.3, -0.25) is 4.90 Å². The van der Waals surface area contributed by atoms with Crippen molar-refractivity contribution in [2.45, 2.75) is 46.1 Å². The number of hydrogen-bond acceptors (Lipinski definition) is 2. The molecule has 2 heteroatoms. The van der Waals surface area contributed by atoms with Crippen LogP contribution in [0.4, 0.5) is 0 Å². The van der Waals surface area contributed by atoms with E-state index in [0.29, 0.717) is 0 Å². The Morgan fingerprint density at radius 3 is 2.25 bits per heavy atom. The van der Waals surface area contributed by atoms with Gasteiger partial charge in [0.05, 0.1) is 0 Å². The van der Waals surface area contributed by atoms with Crippen LogP contribution in [0.3, 0.4) is 0 Å². The van der Waals surface area contributed by atoms with Gasteiger partial charge in [0, 0.05) is 32.7 Å². The van der Waals surface area contributed by atoms with E-state index in [-0.39, 0.29) is 0 Å². The van der Waals surface area contributed by atoms with Crippen LogP contribution in [0.25, 0.3) is 0 Å². The zero-order valence-electron chi connectivity index (χ0n) is 13.7. The zero-order chi connectivity index (χ0) is 14.5. The molecule has 1 aromatic rings. The van der Waals surface area contributed by atoms with Crippen molar-refractivity contribution >= 4 is 0 Å². The molecule has 0 aromatic heterocycles. The second-order valence-corrected chi connectivity index (χ2v) is 6.11. The van der Waals surface area contributed by atoms with Crippen LogP contribution in [0.2, 0.25) is 0 Å². The summed E-state index contributed by atoms with van der Waals surface area (Å²) in [7, 11) is 2.22. The molecule has 2 nitrogen and oxygen atoms in total. The molecule has 1 saturated heterocycles.